The molecular weight excluding hydrogens is 327 g/mol. The van der Waals surface area contributed by atoms with Crippen molar-refractivity contribution in [3.05, 3.63) is 29.6 Å². The Hall–Kier alpha value is -1.42. The van der Waals surface area contributed by atoms with Gasteiger partial charge in [-0.05, 0) is 87.2 Å². The maximum absolute atomic E-state index is 14.0. The highest BCUT2D eigenvalue weighted by atomic mass is 19.1. The predicted molar refractivity (Wildman–Crippen MR) is 101 cm³/mol. The lowest BCUT2D eigenvalue weighted by molar-refractivity contribution is -0.116. The average Bonchev–Trinajstić information content (AvgIpc) is 3.16. The number of nitrogens with zero attached hydrogens (tertiary/aromatic N) is 2. The molecule has 0 N–H and O–H groups in total. The second kappa shape index (κ2) is 6.05. The van der Waals surface area contributed by atoms with Gasteiger partial charge in [0.2, 0.25) is 5.91 Å². The van der Waals surface area contributed by atoms with Gasteiger partial charge in [-0.3, -0.25) is 4.79 Å². The van der Waals surface area contributed by atoms with Gasteiger partial charge in [0.15, 0.2) is 0 Å². The first kappa shape index (κ1) is 16.7. The van der Waals surface area contributed by atoms with Crippen molar-refractivity contribution in [2.75, 3.05) is 24.5 Å². The fraction of sp³-hybridized carbons (Fsp3) is 0.682. The minimum atomic E-state index is -0.180. The predicted octanol–water partition coefficient (Wildman–Crippen LogP) is 4.10. The van der Waals surface area contributed by atoms with Gasteiger partial charge in [-0.15, -0.1) is 0 Å². The van der Waals surface area contributed by atoms with E-state index in [2.05, 4.69) is 4.90 Å². The minimum Gasteiger partial charge on any atom is -0.311 e. The summed E-state index contributed by atoms with van der Waals surface area (Å²) in [4.78, 5) is 16.7. The molecule has 0 aromatic heterocycles. The summed E-state index contributed by atoms with van der Waals surface area (Å²) >= 11 is 0. The van der Waals surface area contributed by atoms with E-state index >= 15 is 0 Å². The van der Waals surface area contributed by atoms with Crippen LogP contribution >= 0.6 is 0 Å². The number of rotatable bonds is 1. The van der Waals surface area contributed by atoms with E-state index in [9.17, 15) is 9.18 Å². The van der Waals surface area contributed by atoms with Gasteiger partial charge in [0, 0.05) is 30.6 Å². The third-order valence-electron chi connectivity index (χ3n) is 7.88. The molecule has 2 aliphatic carbocycles. The molecule has 1 spiro atoms. The molecule has 4 heteroatoms. The van der Waals surface area contributed by atoms with Gasteiger partial charge in [-0.2, -0.15) is 0 Å². The molecule has 2 saturated carbocycles. The zero-order valence-corrected chi connectivity index (χ0v) is 15.7. The number of carbonyl (C=O) groups excluding carboxylic acids is 1. The van der Waals surface area contributed by atoms with E-state index in [1.807, 2.05) is 4.90 Å². The molecule has 2 heterocycles. The molecule has 0 radical (unpaired) electrons. The molecule has 1 aromatic rings. The normalized spacial score (nSPS) is 32.8. The first-order valence-corrected chi connectivity index (χ1v) is 10.4. The van der Waals surface area contributed by atoms with Crippen molar-refractivity contribution in [2.24, 2.45) is 11.8 Å². The topological polar surface area (TPSA) is 23.6 Å². The molecule has 26 heavy (non-hydrogen) atoms. The Balaban J connectivity index is 1.37. The van der Waals surface area contributed by atoms with E-state index in [4.69, 9.17) is 0 Å². The summed E-state index contributed by atoms with van der Waals surface area (Å²) in [6.45, 7) is 4.53. The van der Waals surface area contributed by atoms with Crippen LogP contribution in [0.1, 0.15) is 57.4 Å². The Kier molecular flexibility index (Phi) is 3.89. The summed E-state index contributed by atoms with van der Waals surface area (Å²) in [6.07, 6.45) is 9.17. The fourth-order valence-electron chi connectivity index (χ4n) is 6.48. The number of amides is 1. The van der Waals surface area contributed by atoms with Crippen molar-refractivity contribution in [3.8, 4) is 0 Å². The van der Waals surface area contributed by atoms with Crippen LogP contribution in [0.2, 0.25) is 0 Å². The number of fused-ring (bicyclic) bond motifs is 4. The van der Waals surface area contributed by atoms with E-state index in [1.54, 1.807) is 19.1 Å². The van der Waals surface area contributed by atoms with Crippen LogP contribution in [-0.4, -0.2) is 36.5 Å². The standard InChI is InChI=1S/C22H29FN2O/c1-15(26)25-14-22(19-13-18(23)5-7-21(19)25)8-10-24(11-9-22)20-6-3-16-2-4-17(20)12-16/h5,7,13,16-17,20H,2-4,6,8-12,14H2,1H3/t16-,17-,20?/m1/s1. The number of hydrogen-bond donors (Lipinski definition) is 0. The van der Waals surface area contributed by atoms with E-state index in [-0.39, 0.29) is 17.1 Å². The number of anilines is 1. The monoisotopic (exact) mass is 356 g/mol. The maximum Gasteiger partial charge on any atom is 0.223 e. The molecule has 3 nitrogen and oxygen atoms in total. The number of likely N-dealkylation sites (tertiary alicyclic amines) is 1. The Morgan fingerprint density at radius 3 is 2.69 bits per heavy atom. The highest BCUT2D eigenvalue weighted by Crippen LogP contribution is 2.49. The summed E-state index contributed by atoms with van der Waals surface area (Å²) < 4.78 is 14.0. The molecule has 1 aromatic carbocycles. The summed E-state index contributed by atoms with van der Waals surface area (Å²) in [5, 5.41) is 0. The minimum absolute atomic E-state index is 0.0491. The van der Waals surface area contributed by atoms with Gasteiger partial charge >= 0.3 is 0 Å². The summed E-state index contributed by atoms with van der Waals surface area (Å²) in [7, 11) is 0. The molecule has 3 fully saturated rings. The van der Waals surface area contributed by atoms with Gasteiger partial charge in [0.05, 0.1) is 0 Å². The quantitative estimate of drug-likeness (QED) is 0.756. The van der Waals surface area contributed by atoms with Crippen LogP contribution in [0, 0.1) is 17.7 Å². The van der Waals surface area contributed by atoms with Crippen molar-refractivity contribution in [1.82, 2.24) is 4.90 Å². The van der Waals surface area contributed by atoms with Crippen molar-refractivity contribution < 1.29 is 9.18 Å². The zero-order valence-electron chi connectivity index (χ0n) is 15.7. The van der Waals surface area contributed by atoms with Crippen molar-refractivity contribution >= 4 is 11.6 Å². The SMILES string of the molecule is CC(=O)N1CC2(CCN(C3CC[C@H]4CC[C@@H]3C4)CC2)c2cc(F)ccc21. The van der Waals surface area contributed by atoms with Crippen LogP contribution in [0.5, 0.6) is 0 Å². The Labute approximate surface area is 155 Å². The lowest BCUT2D eigenvalue weighted by Crippen LogP contribution is -2.51. The van der Waals surface area contributed by atoms with E-state index in [1.165, 1.54) is 38.2 Å². The molecule has 1 amide bonds. The number of carbonyl (C=O) groups is 1. The number of hydrogen-bond acceptors (Lipinski definition) is 2. The number of piperidine rings is 1. The molecule has 140 valence electrons. The van der Waals surface area contributed by atoms with Crippen LogP contribution in [0.15, 0.2) is 18.2 Å². The smallest absolute Gasteiger partial charge is 0.223 e. The van der Waals surface area contributed by atoms with Gasteiger partial charge in [-0.25, -0.2) is 4.39 Å². The Bertz CT molecular complexity index is 725. The Morgan fingerprint density at radius 2 is 1.92 bits per heavy atom. The first-order valence-electron chi connectivity index (χ1n) is 10.4. The summed E-state index contributed by atoms with van der Waals surface area (Å²) in [5.74, 6) is 1.80. The van der Waals surface area contributed by atoms with Crippen LogP contribution in [-0.2, 0) is 10.2 Å². The van der Waals surface area contributed by atoms with Crippen molar-refractivity contribution in [1.29, 1.82) is 0 Å². The lowest BCUT2D eigenvalue weighted by atomic mass is 9.73. The van der Waals surface area contributed by atoms with Crippen LogP contribution in [0.3, 0.4) is 0 Å². The van der Waals surface area contributed by atoms with Crippen molar-refractivity contribution in [2.45, 2.75) is 63.3 Å². The van der Waals surface area contributed by atoms with Crippen molar-refractivity contribution in [3.63, 3.8) is 0 Å². The first-order chi connectivity index (χ1) is 12.6. The van der Waals surface area contributed by atoms with Gasteiger partial charge < -0.3 is 9.80 Å². The highest BCUT2D eigenvalue weighted by Gasteiger charge is 2.48. The van der Waals surface area contributed by atoms with Crippen LogP contribution in [0.4, 0.5) is 10.1 Å². The third-order valence-corrected chi connectivity index (χ3v) is 7.88. The highest BCUT2D eigenvalue weighted by molar-refractivity contribution is 5.94. The largest absolute Gasteiger partial charge is 0.311 e. The van der Waals surface area contributed by atoms with Crippen LogP contribution in [0.25, 0.3) is 0 Å². The van der Waals surface area contributed by atoms with Gasteiger partial charge in [0.25, 0.3) is 0 Å². The second-order valence-corrected chi connectivity index (χ2v) is 9.17. The molecule has 3 atom stereocenters. The summed E-state index contributed by atoms with van der Waals surface area (Å²) in [5.41, 5.74) is 1.95. The van der Waals surface area contributed by atoms with Gasteiger partial charge in [0.1, 0.15) is 5.82 Å². The number of benzene rings is 1. The molecule has 2 bridgehead atoms. The molecule has 1 unspecified atom stereocenters. The number of halogens is 1. The molecule has 5 rings (SSSR count). The van der Waals surface area contributed by atoms with E-state index in [0.717, 1.165) is 61.6 Å². The second-order valence-electron chi connectivity index (χ2n) is 9.17. The van der Waals surface area contributed by atoms with E-state index < -0.39 is 0 Å². The van der Waals surface area contributed by atoms with Gasteiger partial charge in [-0.1, -0.05) is 6.42 Å². The van der Waals surface area contributed by atoms with Crippen LogP contribution < -0.4 is 4.90 Å². The molecular formula is C22H29FN2O. The average molecular weight is 356 g/mol. The fourth-order valence-corrected chi connectivity index (χ4v) is 6.48. The zero-order chi connectivity index (χ0) is 17.9. The van der Waals surface area contributed by atoms with E-state index in [0.29, 0.717) is 0 Å². The third kappa shape index (κ3) is 2.52. The maximum atomic E-state index is 14.0. The lowest BCUT2D eigenvalue weighted by Gasteiger charge is -2.46. The Morgan fingerprint density at radius 1 is 1.15 bits per heavy atom. The molecule has 1 saturated heterocycles. The summed E-state index contributed by atoms with van der Waals surface area (Å²) in [6, 6.07) is 5.74. The molecule has 4 aliphatic rings. The molecule has 2 aliphatic heterocycles.